The lowest BCUT2D eigenvalue weighted by molar-refractivity contribution is -0.137. The zero-order valence-electron chi connectivity index (χ0n) is 32.7. The number of aryl methyl sites for hydroxylation is 1. The molecule has 0 spiro atoms. The zero-order chi connectivity index (χ0) is 43.6. The molecule has 7 N–H and O–H groups in total. The number of nitrogens with one attached hydrogen (secondary N) is 2. The first kappa shape index (κ1) is 46.8. The van der Waals surface area contributed by atoms with Crippen molar-refractivity contribution in [3.05, 3.63) is 106 Å². The molecule has 2 aliphatic carbocycles. The minimum Gasteiger partial charge on any atom is -0.480 e. The van der Waals surface area contributed by atoms with E-state index in [2.05, 4.69) is 30.6 Å². The van der Waals surface area contributed by atoms with Crippen molar-refractivity contribution in [2.45, 2.75) is 77.7 Å². The van der Waals surface area contributed by atoms with Crippen molar-refractivity contribution in [3.63, 3.8) is 0 Å². The van der Waals surface area contributed by atoms with Crippen LogP contribution in [0.5, 0.6) is 0 Å². The van der Waals surface area contributed by atoms with E-state index in [1.807, 2.05) is 0 Å². The van der Waals surface area contributed by atoms with Gasteiger partial charge < -0.3 is 41.2 Å². The number of carbonyl (C=O) groups excluding carboxylic acids is 3. The first-order valence-corrected chi connectivity index (χ1v) is 20.0. The number of anilines is 2. The Bertz CT molecular complexity index is 2550. The summed E-state index contributed by atoms with van der Waals surface area (Å²) in [7, 11) is 0. The predicted molar refractivity (Wildman–Crippen MR) is 232 cm³/mol. The molecule has 2 aromatic carbocycles. The molecule has 16 nitrogen and oxygen atoms in total. The number of amides is 2. The summed E-state index contributed by atoms with van der Waals surface area (Å²) in [6.45, 7) is 0.206. The Morgan fingerprint density at radius 2 is 1.34 bits per heavy atom. The SMILES string of the molecule is C.Nc1ncnc2c1ccn2CC(=O)N(CC(=O)NCc1cccc(Cl)c1F)C1CC1.Nc1ncnc2c1ccn2CC(=O)O.O=C(CCc1cccc(Cl)c1F)CNC1CC1. The van der Waals surface area contributed by atoms with Gasteiger partial charge in [-0.2, -0.15) is 0 Å². The largest absolute Gasteiger partial charge is 0.480 e. The number of ketones is 1. The van der Waals surface area contributed by atoms with Gasteiger partial charge in [-0.05, 0) is 61.9 Å². The summed E-state index contributed by atoms with van der Waals surface area (Å²) in [6, 6.07) is 13.5. The first-order chi connectivity index (χ1) is 29.3. The molecule has 0 atom stereocenters. The molecule has 2 saturated carbocycles. The average molecular weight is 895 g/mol. The van der Waals surface area contributed by atoms with Crippen LogP contribution in [0, 0.1) is 11.6 Å². The van der Waals surface area contributed by atoms with E-state index in [0.717, 1.165) is 25.7 Å². The molecule has 2 fully saturated rings. The Hall–Kier alpha value is -6.24. The van der Waals surface area contributed by atoms with Gasteiger partial charge in [0.05, 0.1) is 33.9 Å². The molecule has 0 bridgehead atoms. The molecule has 6 aromatic rings. The Morgan fingerprint density at radius 1 is 0.790 bits per heavy atom. The number of rotatable bonds is 15. The fraction of sp³-hybridized carbons (Fsp3) is 0.333. The minimum absolute atomic E-state index is 0. The maximum atomic E-state index is 14.0. The third-order valence-corrected chi connectivity index (χ3v) is 10.4. The van der Waals surface area contributed by atoms with Crippen LogP contribution < -0.4 is 22.1 Å². The summed E-state index contributed by atoms with van der Waals surface area (Å²) < 4.78 is 30.7. The van der Waals surface area contributed by atoms with E-state index in [4.69, 9.17) is 39.8 Å². The predicted octanol–water partition coefficient (Wildman–Crippen LogP) is 5.58. The van der Waals surface area contributed by atoms with E-state index in [1.165, 1.54) is 29.4 Å². The minimum atomic E-state index is -0.917. The summed E-state index contributed by atoms with van der Waals surface area (Å²) in [6.07, 6.45) is 10.8. The van der Waals surface area contributed by atoms with Crippen LogP contribution in [0.15, 0.2) is 73.6 Å². The Morgan fingerprint density at radius 3 is 1.89 bits per heavy atom. The molecular formula is C42H47Cl2F2N11O5. The summed E-state index contributed by atoms with van der Waals surface area (Å²) in [5.74, 6) is -1.62. The second-order valence-electron chi connectivity index (χ2n) is 14.4. The molecule has 2 aliphatic rings. The lowest BCUT2D eigenvalue weighted by atomic mass is 10.1. The van der Waals surface area contributed by atoms with Crippen LogP contribution in [0.3, 0.4) is 0 Å². The standard InChI is InChI=1S/C20H20ClFN6O2.C13H15ClFNO.C8H8N4O2.CH4/c21-15-3-1-2-12(18(15)22)8-24-16(29)9-28(13-4-5-13)17(30)10-27-7-6-14-19(23)25-11-26-20(14)27;14-12-3-1-2-9(13(12)15)4-7-11(17)8-16-10-5-6-10;9-7-5-1-2-12(3-6(13)14)8(5)11-4-10-7;/h1-3,6-7,11,13H,4-5,8-10H2,(H,24,29)(H2,23,25,26);1-3,10,16H,4-8H2;1-2,4H,3H2,(H,13,14)(H2,9,10,11);1H4. The number of carbonyl (C=O) groups is 4. The average Bonchev–Trinajstić information content (AvgIpc) is 4.17. The van der Waals surface area contributed by atoms with Crippen LogP contribution in [-0.4, -0.2) is 87.8 Å². The highest BCUT2D eigenvalue weighted by Crippen LogP contribution is 2.28. The number of benzene rings is 2. The van der Waals surface area contributed by atoms with Crippen LogP contribution in [0.25, 0.3) is 22.1 Å². The second-order valence-corrected chi connectivity index (χ2v) is 15.2. The Kier molecular flexibility index (Phi) is 16.2. The summed E-state index contributed by atoms with van der Waals surface area (Å²) in [5, 5.41) is 15.9. The quantitative estimate of drug-likeness (QED) is 0.0851. The number of hydrogen-bond donors (Lipinski definition) is 5. The third kappa shape index (κ3) is 12.7. The van der Waals surface area contributed by atoms with Crippen LogP contribution in [0.2, 0.25) is 10.0 Å². The number of nitrogen functional groups attached to an aromatic ring is 2. The highest BCUT2D eigenvalue weighted by Gasteiger charge is 2.34. The Balaban J connectivity index is 0.000000192. The molecule has 62 heavy (non-hydrogen) atoms. The first-order valence-electron chi connectivity index (χ1n) is 19.3. The third-order valence-electron chi connectivity index (χ3n) is 9.78. The molecule has 8 rings (SSSR count). The summed E-state index contributed by atoms with van der Waals surface area (Å²) >= 11 is 11.4. The topological polar surface area (TPSA) is 229 Å². The van der Waals surface area contributed by atoms with Crippen molar-refractivity contribution in [1.82, 2.24) is 44.6 Å². The maximum absolute atomic E-state index is 14.0. The maximum Gasteiger partial charge on any atom is 0.323 e. The molecule has 4 heterocycles. The van der Waals surface area contributed by atoms with Crippen molar-refractivity contribution in [2.75, 3.05) is 24.6 Å². The van der Waals surface area contributed by atoms with Crippen LogP contribution in [0.4, 0.5) is 20.4 Å². The number of nitrogens with zero attached hydrogens (tertiary/aromatic N) is 7. The van der Waals surface area contributed by atoms with Gasteiger partial charge in [0.25, 0.3) is 0 Å². The number of fused-ring (bicyclic) bond motifs is 2. The number of carboxylic acids is 1. The smallest absolute Gasteiger partial charge is 0.323 e. The monoisotopic (exact) mass is 893 g/mol. The molecule has 20 heteroatoms. The number of nitrogens with two attached hydrogens (primary N) is 2. The highest BCUT2D eigenvalue weighted by molar-refractivity contribution is 6.31. The molecule has 328 valence electrons. The summed E-state index contributed by atoms with van der Waals surface area (Å²) in [4.78, 5) is 64.8. The van der Waals surface area contributed by atoms with Crippen molar-refractivity contribution in [1.29, 1.82) is 0 Å². The number of carboxylic acid groups (broad SMARTS) is 1. The van der Waals surface area contributed by atoms with Gasteiger partial charge in [0.15, 0.2) is 0 Å². The van der Waals surface area contributed by atoms with Gasteiger partial charge in [-0.1, -0.05) is 54.9 Å². The lowest BCUT2D eigenvalue weighted by Crippen LogP contribution is -2.43. The van der Waals surface area contributed by atoms with Crippen LogP contribution >= 0.6 is 23.2 Å². The van der Waals surface area contributed by atoms with Gasteiger partial charge in [-0.15, -0.1) is 0 Å². The van der Waals surface area contributed by atoms with Crippen molar-refractivity contribution in [3.8, 4) is 0 Å². The molecule has 0 saturated heterocycles. The zero-order valence-corrected chi connectivity index (χ0v) is 34.3. The van der Waals surface area contributed by atoms with Crippen molar-refractivity contribution >= 4 is 80.5 Å². The van der Waals surface area contributed by atoms with Gasteiger partial charge in [0, 0.05) is 43.0 Å². The number of halogens is 4. The molecular weight excluding hydrogens is 847 g/mol. The number of Topliss-reactive ketones (excluding diaryl/α,β-unsaturated/α-hetero) is 1. The van der Waals surface area contributed by atoms with Crippen LogP contribution in [0.1, 0.15) is 50.7 Å². The van der Waals surface area contributed by atoms with E-state index in [1.54, 1.807) is 58.3 Å². The van der Waals surface area contributed by atoms with E-state index in [-0.39, 0.29) is 72.9 Å². The normalized spacial score (nSPS) is 13.0. The van der Waals surface area contributed by atoms with Gasteiger partial charge in [0.1, 0.15) is 66.1 Å². The van der Waals surface area contributed by atoms with E-state index < -0.39 is 17.6 Å². The van der Waals surface area contributed by atoms with Gasteiger partial charge in [-0.3, -0.25) is 19.2 Å². The van der Waals surface area contributed by atoms with Gasteiger partial charge in [0.2, 0.25) is 11.8 Å². The summed E-state index contributed by atoms with van der Waals surface area (Å²) in [5.41, 5.74) is 13.3. The molecule has 0 unspecified atom stereocenters. The second kappa shape index (κ2) is 21.5. The number of aromatic nitrogens is 6. The lowest BCUT2D eigenvalue weighted by Gasteiger charge is -2.22. The number of aliphatic carboxylic acids is 1. The van der Waals surface area contributed by atoms with Gasteiger partial charge >= 0.3 is 5.97 Å². The fourth-order valence-electron chi connectivity index (χ4n) is 6.23. The van der Waals surface area contributed by atoms with E-state index in [0.29, 0.717) is 64.7 Å². The Labute approximate surface area is 365 Å². The fourth-order valence-corrected chi connectivity index (χ4v) is 6.62. The van der Waals surface area contributed by atoms with Gasteiger partial charge in [-0.25, -0.2) is 28.7 Å². The molecule has 0 radical (unpaired) electrons. The van der Waals surface area contributed by atoms with Crippen molar-refractivity contribution < 1.29 is 33.1 Å². The molecule has 2 amide bonds. The van der Waals surface area contributed by atoms with E-state index in [9.17, 15) is 28.0 Å². The van der Waals surface area contributed by atoms with Crippen molar-refractivity contribution in [2.24, 2.45) is 0 Å². The highest BCUT2D eigenvalue weighted by atomic mass is 35.5. The molecule has 0 aliphatic heterocycles. The van der Waals surface area contributed by atoms with E-state index >= 15 is 0 Å². The number of hydrogen-bond acceptors (Lipinski definition) is 11. The molecule has 4 aromatic heterocycles. The van der Waals surface area contributed by atoms with Crippen LogP contribution in [-0.2, 0) is 45.2 Å².